The molecule has 2 aromatic carbocycles. The maximum absolute atomic E-state index is 13.8. The van der Waals surface area contributed by atoms with E-state index in [1.54, 1.807) is 7.11 Å². The number of carbonyl (C=O) groups excluding carboxylic acids is 2. The Hall–Kier alpha value is -3.30. The van der Waals surface area contributed by atoms with Gasteiger partial charge in [0.25, 0.3) is 0 Å². The molecule has 1 N–H and O–H groups in total. The summed E-state index contributed by atoms with van der Waals surface area (Å²) in [5.41, 5.74) is 2.11. The summed E-state index contributed by atoms with van der Waals surface area (Å²) >= 11 is 0. The highest BCUT2D eigenvalue weighted by atomic mass is 16.7. The molecule has 4 aliphatic rings. The lowest BCUT2D eigenvalue weighted by atomic mass is 10.1. The van der Waals surface area contributed by atoms with Gasteiger partial charge in [0.2, 0.25) is 18.6 Å². The number of amides is 2. The smallest absolute Gasteiger partial charge is 0.240 e. The first kappa shape index (κ1) is 26.0. The molecule has 0 bridgehead atoms. The molecule has 3 fully saturated rings. The molecule has 2 saturated heterocycles. The van der Waals surface area contributed by atoms with Crippen molar-refractivity contribution in [2.24, 2.45) is 5.92 Å². The summed E-state index contributed by atoms with van der Waals surface area (Å²) in [4.78, 5) is 33.8. The van der Waals surface area contributed by atoms with Crippen LogP contribution < -0.4 is 19.5 Å². The van der Waals surface area contributed by atoms with Crippen LogP contribution in [-0.2, 0) is 22.7 Å². The molecule has 2 amide bonds. The van der Waals surface area contributed by atoms with E-state index in [9.17, 15) is 9.59 Å². The van der Waals surface area contributed by atoms with Gasteiger partial charge in [-0.05, 0) is 60.6 Å². The second-order valence-electron chi connectivity index (χ2n) is 11.1. The van der Waals surface area contributed by atoms with Gasteiger partial charge in [0.1, 0.15) is 5.75 Å². The maximum Gasteiger partial charge on any atom is 0.240 e. The Morgan fingerprint density at radius 2 is 1.87 bits per heavy atom. The maximum atomic E-state index is 13.8. The van der Waals surface area contributed by atoms with Crippen LogP contribution in [0.2, 0.25) is 0 Å². The molecule has 208 valence electrons. The number of nitrogens with one attached hydrogen (secondary N) is 1. The van der Waals surface area contributed by atoms with E-state index in [0.29, 0.717) is 51.5 Å². The van der Waals surface area contributed by atoms with Gasteiger partial charge in [0.15, 0.2) is 11.5 Å². The fraction of sp³-hybridized carbons (Fsp3) is 0.533. The standard InChI is InChI=1S/C30H38N4O5/c1-37-25-4-2-3-22(13-25)18-34(29(35)15-21-5-6-21)24-16-26(30(36)32-11-9-31-10-12-32)33(19-24)17-23-7-8-27-28(14-23)39-20-38-27/h2-4,7-8,13-14,21,24,26,31H,5-6,9-12,15-20H2,1H3/t24-,26-/m0/s1. The normalized spacial score (nSPS) is 22.6. The van der Waals surface area contributed by atoms with Crippen LogP contribution in [0.3, 0.4) is 0 Å². The van der Waals surface area contributed by atoms with Crippen LogP contribution in [0.1, 0.15) is 36.8 Å². The molecule has 9 nitrogen and oxygen atoms in total. The van der Waals surface area contributed by atoms with Crippen molar-refractivity contribution in [1.82, 2.24) is 20.0 Å². The average molecular weight is 535 g/mol. The lowest BCUT2D eigenvalue weighted by molar-refractivity contribution is -0.137. The zero-order valence-electron chi connectivity index (χ0n) is 22.6. The molecule has 39 heavy (non-hydrogen) atoms. The van der Waals surface area contributed by atoms with Crippen molar-refractivity contribution >= 4 is 11.8 Å². The van der Waals surface area contributed by atoms with Crippen LogP contribution >= 0.6 is 0 Å². The van der Waals surface area contributed by atoms with E-state index in [0.717, 1.165) is 54.3 Å². The number of hydrogen-bond acceptors (Lipinski definition) is 7. The minimum atomic E-state index is -0.278. The summed E-state index contributed by atoms with van der Waals surface area (Å²) in [6.45, 7) is 5.06. The fourth-order valence-corrected chi connectivity index (χ4v) is 5.98. The first-order chi connectivity index (χ1) is 19.1. The number of methoxy groups -OCH3 is 1. The largest absolute Gasteiger partial charge is 0.497 e. The van der Waals surface area contributed by atoms with Gasteiger partial charge < -0.3 is 29.3 Å². The van der Waals surface area contributed by atoms with E-state index >= 15 is 0 Å². The predicted molar refractivity (Wildman–Crippen MR) is 146 cm³/mol. The molecule has 0 aromatic heterocycles. The first-order valence-corrected chi connectivity index (χ1v) is 14.1. The molecule has 2 atom stereocenters. The SMILES string of the molecule is COc1cccc(CN(C(=O)CC2CC2)[C@H]2C[C@@H](C(=O)N3CCNCC3)N(Cc3ccc4c(c3)OCO4)C2)c1. The van der Waals surface area contributed by atoms with Gasteiger partial charge in [-0.1, -0.05) is 18.2 Å². The first-order valence-electron chi connectivity index (χ1n) is 14.1. The molecule has 0 unspecified atom stereocenters. The molecular formula is C30H38N4O5. The third-order valence-electron chi connectivity index (χ3n) is 8.33. The Kier molecular flexibility index (Phi) is 7.61. The van der Waals surface area contributed by atoms with Crippen molar-refractivity contribution in [3.8, 4) is 17.2 Å². The average Bonchev–Trinajstić information content (AvgIpc) is 3.49. The highest BCUT2D eigenvalue weighted by Crippen LogP contribution is 2.36. The molecule has 9 heteroatoms. The zero-order chi connectivity index (χ0) is 26.8. The zero-order valence-corrected chi connectivity index (χ0v) is 22.6. The van der Waals surface area contributed by atoms with Crippen LogP contribution in [0, 0.1) is 5.92 Å². The van der Waals surface area contributed by atoms with Crippen LogP contribution in [0.25, 0.3) is 0 Å². The number of nitrogens with zero attached hydrogens (tertiary/aromatic N) is 3. The summed E-state index contributed by atoms with van der Waals surface area (Å²) in [6, 6.07) is 13.6. The second-order valence-corrected chi connectivity index (χ2v) is 11.1. The number of carbonyl (C=O) groups is 2. The molecule has 3 heterocycles. The number of fused-ring (bicyclic) bond motifs is 1. The van der Waals surface area contributed by atoms with Crippen molar-refractivity contribution in [1.29, 1.82) is 0 Å². The minimum Gasteiger partial charge on any atom is -0.497 e. The van der Waals surface area contributed by atoms with Gasteiger partial charge in [-0.15, -0.1) is 0 Å². The molecule has 0 spiro atoms. The molecule has 1 saturated carbocycles. The van der Waals surface area contributed by atoms with Gasteiger partial charge >= 0.3 is 0 Å². The monoisotopic (exact) mass is 534 g/mol. The number of hydrogen-bond donors (Lipinski definition) is 1. The summed E-state index contributed by atoms with van der Waals surface area (Å²) < 4.78 is 16.5. The van der Waals surface area contributed by atoms with E-state index in [4.69, 9.17) is 14.2 Å². The van der Waals surface area contributed by atoms with E-state index in [-0.39, 0.29) is 30.7 Å². The third kappa shape index (κ3) is 5.99. The number of rotatable bonds is 9. The van der Waals surface area contributed by atoms with Crippen LogP contribution in [-0.4, -0.2) is 85.2 Å². The van der Waals surface area contributed by atoms with Crippen molar-refractivity contribution in [2.45, 2.75) is 50.9 Å². The van der Waals surface area contributed by atoms with Crippen LogP contribution in [0.5, 0.6) is 17.2 Å². The highest BCUT2D eigenvalue weighted by Gasteiger charge is 2.43. The number of likely N-dealkylation sites (tertiary alicyclic amines) is 1. The number of benzene rings is 2. The second kappa shape index (κ2) is 11.4. The predicted octanol–water partition coefficient (Wildman–Crippen LogP) is 2.63. The third-order valence-corrected chi connectivity index (χ3v) is 8.33. The Bertz CT molecular complexity index is 1200. The summed E-state index contributed by atoms with van der Waals surface area (Å²) in [7, 11) is 1.66. The molecule has 3 aliphatic heterocycles. The van der Waals surface area contributed by atoms with E-state index in [2.05, 4.69) is 10.2 Å². The van der Waals surface area contributed by atoms with Crippen molar-refractivity contribution in [3.05, 3.63) is 53.6 Å². The Morgan fingerprint density at radius 1 is 1.05 bits per heavy atom. The molecular weight excluding hydrogens is 496 g/mol. The summed E-state index contributed by atoms with van der Waals surface area (Å²) in [5.74, 6) is 3.12. The van der Waals surface area contributed by atoms with E-state index in [1.165, 1.54) is 0 Å². The van der Waals surface area contributed by atoms with Gasteiger partial charge in [-0.25, -0.2) is 0 Å². The summed E-state index contributed by atoms with van der Waals surface area (Å²) in [5, 5.41) is 3.34. The van der Waals surface area contributed by atoms with Gasteiger partial charge in [0, 0.05) is 58.3 Å². The lowest BCUT2D eigenvalue weighted by Crippen LogP contribution is -2.52. The Balaban J connectivity index is 1.25. The molecule has 6 rings (SSSR count). The van der Waals surface area contributed by atoms with Crippen molar-refractivity contribution in [3.63, 3.8) is 0 Å². The lowest BCUT2D eigenvalue weighted by Gasteiger charge is -2.32. The minimum absolute atomic E-state index is 0.0478. The Labute approximate surface area is 230 Å². The number of ether oxygens (including phenoxy) is 3. The molecule has 1 aliphatic carbocycles. The number of piperazine rings is 1. The van der Waals surface area contributed by atoms with Crippen LogP contribution in [0.15, 0.2) is 42.5 Å². The van der Waals surface area contributed by atoms with E-state index in [1.807, 2.05) is 52.3 Å². The van der Waals surface area contributed by atoms with Crippen LogP contribution in [0.4, 0.5) is 0 Å². The van der Waals surface area contributed by atoms with Crippen molar-refractivity contribution in [2.75, 3.05) is 46.6 Å². The summed E-state index contributed by atoms with van der Waals surface area (Å²) in [6.07, 6.45) is 3.47. The quantitative estimate of drug-likeness (QED) is 0.530. The van der Waals surface area contributed by atoms with Gasteiger partial charge in [-0.3, -0.25) is 14.5 Å². The topological polar surface area (TPSA) is 83.6 Å². The van der Waals surface area contributed by atoms with E-state index < -0.39 is 0 Å². The highest BCUT2D eigenvalue weighted by molar-refractivity contribution is 5.83. The fourth-order valence-electron chi connectivity index (χ4n) is 5.98. The van der Waals surface area contributed by atoms with Crippen molar-refractivity contribution < 1.29 is 23.8 Å². The molecule has 2 aromatic rings. The van der Waals surface area contributed by atoms with Gasteiger partial charge in [-0.2, -0.15) is 0 Å². The molecule has 0 radical (unpaired) electrons. The Morgan fingerprint density at radius 3 is 2.67 bits per heavy atom. The van der Waals surface area contributed by atoms with Gasteiger partial charge in [0.05, 0.1) is 13.2 Å².